The number of guanidine groups is 1. The van der Waals surface area contributed by atoms with Crippen molar-refractivity contribution in [2.75, 3.05) is 6.54 Å². The van der Waals surface area contributed by atoms with Crippen molar-refractivity contribution in [3.8, 4) is 5.75 Å². The van der Waals surface area contributed by atoms with Crippen molar-refractivity contribution in [1.82, 2.24) is 25.4 Å². The zero-order valence-electron chi connectivity index (χ0n) is 16.6. The highest BCUT2D eigenvalue weighted by Gasteiger charge is 2.16. The third-order valence-corrected chi connectivity index (χ3v) is 4.53. The normalized spacial score (nSPS) is 13.6. The van der Waals surface area contributed by atoms with Gasteiger partial charge in [-0.2, -0.15) is 8.78 Å². The predicted octanol–water partition coefficient (Wildman–Crippen LogP) is 3.40. The summed E-state index contributed by atoms with van der Waals surface area (Å²) in [6.45, 7) is 3.33. The minimum Gasteiger partial charge on any atom is -0.434 e. The van der Waals surface area contributed by atoms with Gasteiger partial charge in [0.05, 0.1) is 13.1 Å². The molecule has 0 atom stereocenters. The molecule has 3 rings (SSSR count). The monoisotopic (exact) mass is 520 g/mol. The van der Waals surface area contributed by atoms with Crippen LogP contribution in [0.5, 0.6) is 5.75 Å². The van der Waals surface area contributed by atoms with Gasteiger partial charge >= 0.3 is 6.61 Å². The Morgan fingerprint density at radius 3 is 2.86 bits per heavy atom. The minimum absolute atomic E-state index is 0. The highest BCUT2D eigenvalue weighted by molar-refractivity contribution is 14.0. The van der Waals surface area contributed by atoms with Gasteiger partial charge in [0.2, 0.25) is 0 Å². The topological polar surface area (TPSA) is 76.4 Å². The highest BCUT2D eigenvalue weighted by atomic mass is 127. The molecule has 0 spiro atoms. The van der Waals surface area contributed by atoms with E-state index in [1.54, 1.807) is 18.2 Å². The van der Waals surface area contributed by atoms with Crippen molar-refractivity contribution >= 4 is 29.9 Å². The first-order valence-corrected chi connectivity index (χ1v) is 9.54. The number of alkyl halides is 2. The second kappa shape index (κ2) is 11.3. The molecule has 0 radical (unpaired) electrons. The van der Waals surface area contributed by atoms with E-state index in [9.17, 15) is 8.78 Å². The summed E-state index contributed by atoms with van der Waals surface area (Å²) >= 11 is 0. The summed E-state index contributed by atoms with van der Waals surface area (Å²) in [6.07, 6.45) is 3.24. The van der Waals surface area contributed by atoms with Crippen LogP contribution in [0.25, 0.3) is 0 Å². The Labute approximate surface area is 186 Å². The fourth-order valence-corrected chi connectivity index (χ4v) is 3.21. The Hall–Kier alpha value is -1.98. The smallest absolute Gasteiger partial charge is 0.387 e. The molecule has 1 aliphatic rings. The van der Waals surface area contributed by atoms with Crippen molar-refractivity contribution in [1.29, 1.82) is 0 Å². The number of aliphatic imine (C=N–C) groups is 1. The predicted molar refractivity (Wildman–Crippen MR) is 118 cm³/mol. The molecular weight excluding hydrogens is 493 g/mol. The Morgan fingerprint density at radius 2 is 2.10 bits per heavy atom. The van der Waals surface area contributed by atoms with Gasteiger partial charge in [-0.15, -0.1) is 34.2 Å². The fourth-order valence-electron chi connectivity index (χ4n) is 3.21. The van der Waals surface area contributed by atoms with Crippen LogP contribution in [0.1, 0.15) is 42.5 Å². The van der Waals surface area contributed by atoms with Crippen molar-refractivity contribution in [2.24, 2.45) is 4.99 Å². The first-order chi connectivity index (χ1) is 13.6. The average Bonchev–Trinajstić information content (AvgIpc) is 3.09. The van der Waals surface area contributed by atoms with Crippen molar-refractivity contribution in [2.45, 2.75) is 59.4 Å². The molecule has 1 aliphatic heterocycles. The zero-order chi connectivity index (χ0) is 19.9. The van der Waals surface area contributed by atoms with Gasteiger partial charge in [0, 0.05) is 25.1 Å². The summed E-state index contributed by atoms with van der Waals surface area (Å²) in [5, 5.41) is 14.9. The fraction of sp³-hybridized carbons (Fsp3) is 0.526. The van der Waals surface area contributed by atoms with Gasteiger partial charge < -0.3 is 19.9 Å². The van der Waals surface area contributed by atoms with Crippen LogP contribution in [0.2, 0.25) is 0 Å². The Kier molecular flexibility index (Phi) is 9.05. The molecule has 0 saturated heterocycles. The Bertz CT molecular complexity index is 827. The van der Waals surface area contributed by atoms with Gasteiger partial charge in [-0.05, 0) is 32.8 Å². The molecule has 2 heterocycles. The summed E-state index contributed by atoms with van der Waals surface area (Å²) in [7, 11) is 0. The number of ether oxygens (including phenoxy) is 1. The third kappa shape index (κ3) is 6.51. The highest BCUT2D eigenvalue weighted by Crippen LogP contribution is 2.23. The molecule has 1 aromatic heterocycles. The molecule has 2 N–H and O–H groups in total. The van der Waals surface area contributed by atoms with Crippen molar-refractivity contribution < 1.29 is 13.5 Å². The first kappa shape index (κ1) is 23.3. The van der Waals surface area contributed by atoms with Gasteiger partial charge in [-0.1, -0.05) is 17.7 Å². The summed E-state index contributed by atoms with van der Waals surface area (Å²) < 4.78 is 32.0. The van der Waals surface area contributed by atoms with E-state index in [0.717, 1.165) is 43.0 Å². The second-order valence-electron chi connectivity index (χ2n) is 6.68. The number of aryl methyl sites for hydroxylation is 2. The molecule has 2 aromatic rings. The lowest BCUT2D eigenvalue weighted by Gasteiger charge is -2.16. The summed E-state index contributed by atoms with van der Waals surface area (Å²) in [4.78, 5) is 4.52. The number of nitrogens with zero attached hydrogens (tertiary/aromatic N) is 4. The molecule has 0 amide bonds. The summed E-state index contributed by atoms with van der Waals surface area (Å²) in [5.74, 6) is 2.63. The van der Waals surface area contributed by atoms with Gasteiger partial charge in [0.1, 0.15) is 11.6 Å². The van der Waals surface area contributed by atoms with E-state index in [4.69, 9.17) is 0 Å². The molecule has 0 bridgehead atoms. The van der Waals surface area contributed by atoms with Crippen LogP contribution in [0, 0.1) is 6.92 Å². The second-order valence-corrected chi connectivity index (χ2v) is 6.68. The van der Waals surface area contributed by atoms with Crippen LogP contribution in [-0.4, -0.2) is 33.9 Å². The van der Waals surface area contributed by atoms with Gasteiger partial charge in [-0.3, -0.25) is 0 Å². The standard InChI is InChI=1S/C19H26F2N6O.HI/c1-3-22-19(24-12-17-26-25-16-6-4-5-9-27(16)17)23-11-14-10-13(2)7-8-15(14)28-18(20)21;/h7-8,10,18H,3-6,9,11-12H2,1-2H3,(H2,22,23,24);1H. The SMILES string of the molecule is CCNC(=NCc1cc(C)ccc1OC(F)F)NCc1nnc2n1CCCC2.I. The molecular formula is C19H27F2IN6O. The minimum atomic E-state index is -2.86. The number of hydrogen-bond acceptors (Lipinski definition) is 4. The van der Waals surface area contributed by atoms with Gasteiger partial charge in [-0.25, -0.2) is 4.99 Å². The molecule has 10 heteroatoms. The van der Waals surface area contributed by atoms with Crippen LogP contribution in [-0.2, 0) is 26.1 Å². The van der Waals surface area contributed by atoms with Crippen LogP contribution >= 0.6 is 24.0 Å². The Morgan fingerprint density at radius 1 is 1.28 bits per heavy atom. The van der Waals surface area contributed by atoms with E-state index in [1.807, 2.05) is 13.8 Å². The van der Waals surface area contributed by atoms with E-state index in [1.165, 1.54) is 0 Å². The zero-order valence-corrected chi connectivity index (χ0v) is 19.0. The summed E-state index contributed by atoms with van der Waals surface area (Å²) in [5.41, 5.74) is 1.57. The third-order valence-electron chi connectivity index (χ3n) is 4.53. The van der Waals surface area contributed by atoms with Crippen LogP contribution in [0.15, 0.2) is 23.2 Å². The van der Waals surface area contributed by atoms with E-state index in [0.29, 0.717) is 24.6 Å². The van der Waals surface area contributed by atoms with Crippen molar-refractivity contribution in [3.05, 3.63) is 41.0 Å². The largest absolute Gasteiger partial charge is 0.434 e. The van der Waals surface area contributed by atoms with Crippen LogP contribution in [0.4, 0.5) is 8.78 Å². The van der Waals surface area contributed by atoms with E-state index in [-0.39, 0.29) is 36.3 Å². The number of fused-ring (bicyclic) bond motifs is 1. The molecule has 0 fully saturated rings. The van der Waals surface area contributed by atoms with Gasteiger partial charge in [0.25, 0.3) is 0 Å². The number of rotatable bonds is 7. The molecule has 0 saturated carbocycles. The maximum Gasteiger partial charge on any atom is 0.387 e. The van der Waals surface area contributed by atoms with E-state index < -0.39 is 6.61 Å². The number of benzene rings is 1. The summed E-state index contributed by atoms with van der Waals surface area (Å²) in [6, 6.07) is 5.09. The molecule has 160 valence electrons. The lowest BCUT2D eigenvalue weighted by atomic mass is 10.1. The molecule has 29 heavy (non-hydrogen) atoms. The molecule has 0 unspecified atom stereocenters. The van der Waals surface area contributed by atoms with Crippen LogP contribution < -0.4 is 15.4 Å². The maximum absolute atomic E-state index is 12.6. The maximum atomic E-state index is 12.6. The number of nitrogens with one attached hydrogen (secondary N) is 2. The quantitative estimate of drug-likeness (QED) is 0.333. The lowest BCUT2D eigenvalue weighted by molar-refractivity contribution is -0.0504. The van der Waals surface area contributed by atoms with Crippen LogP contribution in [0.3, 0.4) is 0 Å². The molecule has 7 nitrogen and oxygen atoms in total. The van der Waals surface area contributed by atoms with E-state index >= 15 is 0 Å². The average molecular weight is 520 g/mol. The number of aromatic nitrogens is 3. The lowest BCUT2D eigenvalue weighted by Crippen LogP contribution is -2.37. The molecule has 0 aliphatic carbocycles. The number of halogens is 3. The van der Waals surface area contributed by atoms with Crippen molar-refractivity contribution in [3.63, 3.8) is 0 Å². The number of hydrogen-bond donors (Lipinski definition) is 2. The van der Waals surface area contributed by atoms with E-state index in [2.05, 4.69) is 35.1 Å². The Balaban J connectivity index is 0.00000300. The first-order valence-electron chi connectivity index (χ1n) is 9.54. The molecule has 1 aromatic carbocycles. The van der Waals surface area contributed by atoms with Gasteiger partial charge in [0.15, 0.2) is 11.8 Å².